The monoisotopic (exact) mass is 370 g/mol. The van der Waals surface area contributed by atoms with Crippen LogP contribution in [0.25, 0.3) is 5.69 Å². The number of hydrogen-bond donors (Lipinski definition) is 1. The Bertz CT molecular complexity index is 807. The van der Waals surface area contributed by atoms with Crippen LogP contribution in [0.5, 0.6) is 0 Å². The van der Waals surface area contributed by atoms with Crippen LogP contribution in [0.2, 0.25) is 0 Å². The van der Waals surface area contributed by atoms with Gasteiger partial charge in [-0.05, 0) is 74.4 Å². The maximum atomic E-state index is 12.7. The van der Waals surface area contributed by atoms with E-state index in [2.05, 4.69) is 59.8 Å². The Hall–Kier alpha value is -2.44. The molecule has 7 nitrogen and oxygen atoms in total. The van der Waals surface area contributed by atoms with Crippen LogP contribution in [0.4, 0.5) is 4.79 Å². The second kappa shape index (κ2) is 7.66. The molecule has 1 aromatic carbocycles. The number of hydrogen-bond acceptors (Lipinski definition) is 4. The van der Waals surface area contributed by atoms with Crippen molar-refractivity contribution in [3.63, 3.8) is 0 Å². The first kappa shape index (κ1) is 19.3. The molecule has 1 heterocycles. The molecule has 0 aliphatic heterocycles. The highest BCUT2D eigenvalue weighted by Gasteiger charge is 2.46. The topological polar surface area (TPSA) is 75.9 Å². The number of aromatic nitrogens is 4. The first-order valence-corrected chi connectivity index (χ1v) is 9.77. The third-order valence-corrected chi connectivity index (χ3v) is 5.84. The van der Waals surface area contributed by atoms with Gasteiger partial charge in [0.05, 0.1) is 5.69 Å². The summed E-state index contributed by atoms with van der Waals surface area (Å²) in [6.45, 7) is 8.93. The number of aryl methyl sites for hydroxylation is 2. The summed E-state index contributed by atoms with van der Waals surface area (Å²) in [6.07, 6.45) is 3.80. The minimum absolute atomic E-state index is 0.0813. The van der Waals surface area contributed by atoms with Crippen LogP contribution in [0.15, 0.2) is 18.2 Å². The molecule has 0 atom stereocenters. The summed E-state index contributed by atoms with van der Waals surface area (Å²) in [5.74, 6) is 1.39. The van der Waals surface area contributed by atoms with Crippen molar-refractivity contribution in [1.82, 2.24) is 30.4 Å². The van der Waals surface area contributed by atoms with Crippen LogP contribution >= 0.6 is 0 Å². The van der Waals surface area contributed by atoms with Gasteiger partial charge in [0, 0.05) is 13.6 Å². The Kier molecular flexibility index (Phi) is 5.48. The highest BCUT2D eigenvalue weighted by atomic mass is 16.2. The van der Waals surface area contributed by atoms with E-state index in [-0.39, 0.29) is 6.03 Å². The lowest BCUT2D eigenvalue weighted by atomic mass is 9.75. The molecular weight excluding hydrogens is 340 g/mol. The third kappa shape index (κ3) is 3.55. The van der Waals surface area contributed by atoms with Crippen molar-refractivity contribution in [1.29, 1.82) is 0 Å². The maximum absolute atomic E-state index is 12.7. The lowest BCUT2D eigenvalue weighted by Gasteiger charge is -2.44. The van der Waals surface area contributed by atoms with Gasteiger partial charge in [0.1, 0.15) is 5.54 Å². The van der Waals surface area contributed by atoms with E-state index in [1.54, 1.807) is 0 Å². The summed E-state index contributed by atoms with van der Waals surface area (Å²) in [4.78, 5) is 14.5. The first-order chi connectivity index (χ1) is 12.9. The molecule has 1 aliphatic carbocycles. The van der Waals surface area contributed by atoms with Gasteiger partial charge in [0.15, 0.2) is 5.82 Å². The average Bonchev–Trinajstić information content (AvgIpc) is 3.12. The maximum Gasteiger partial charge on any atom is 0.317 e. The van der Waals surface area contributed by atoms with Crippen LogP contribution in [-0.2, 0) is 5.54 Å². The quantitative estimate of drug-likeness (QED) is 0.895. The zero-order valence-electron chi connectivity index (χ0n) is 17.0. The standard InChI is InChI=1S/C20H30N6O/c1-6-21-19(27)25(5)20(11-9-14(2)10-12-20)18-22-23-24-26(18)17-8-7-15(3)13-16(17)4/h7-8,13-14H,6,9-12H2,1-5H3,(H,21,27). The van der Waals surface area contributed by atoms with Gasteiger partial charge >= 0.3 is 6.03 Å². The fourth-order valence-corrected chi connectivity index (χ4v) is 4.10. The Labute approximate surface area is 161 Å². The van der Waals surface area contributed by atoms with Gasteiger partial charge in [-0.1, -0.05) is 24.6 Å². The van der Waals surface area contributed by atoms with Crippen molar-refractivity contribution in [3.05, 3.63) is 35.2 Å². The molecule has 2 amide bonds. The van der Waals surface area contributed by atoms with Crippen LogP contribution in [0.1, 0.15) is 56.5 Å². The summed E-state index contributed by atoms with van der Waals surface area (Å²) < 4.78 is 1.82. The summed E-state index contributed by atoms with van der Waals surface area (Å²) in [6, 6.07) is 6.17. The molecule has 1 aromatic heterocycles. The van der Waals surface area contributed by atoms with Crippen molar-refractivity contribution in [2.45, 2.75) is 58.9 Å². The molecule has 1 N–H and O–H groups in total. The molecule has 3 rings (SSSR count). The molecule has 2 aromatic rings. The number of carbonyl (C=O) groups is 1. The van der Waals surface area contributed by atoms with E-state index in [1.807, 2.05) is 23.6 Å². The zero-order valence-corrected chi connectivity index (χ0v) is 17.0. The van der Waals surface area contributed by atoms with E-state index in [0.717, 1.165) is 42.8 Å². The van der Waals surface area contributed by atoms with Crippen LogP contribution in [-0.4, -0.2) is 44.7 Å². The average molecular weight is 371 g/mol. The van der Waals surface area contributed by atoms with Gasteiger partial charge < -0.3 is 10.2 Å². The normalized spacial score (nSPS) is 22.5. The Morgan fingerprint density at radius 1 is 1.33 bits per heavy atom. The van der Waals surface area contributed by atoms with Gasteiger partial charge in [0.25, 0.3) is 0 Å². The van der Waals surface area contributed by atoms with E-state index >= 15 is 0 Å². The van der Waals surface area contributed by atoms with Crippen molar-refractivity contribution in [2.24, 2.45) is 5.92 Å². The van der Waals surface area contributed by atoms with Gasteiger partial charge in [-0.15, -0.1) is 5.10 Å². The number of benzene rings is 1. The molecular formula is C20H30N6O. The van der Waals surface area contributed by atoms with Gasteiger partial charge in [0.2, 0.25) is 0 Å². The van der Waals surface area contributed by atoms with E-state index in [1.165, 1.54) is 5.56 Å². The summed E-state index contributed by atoms with van der Waals surface area (Å²) >= 11 is 0. The smallest absolute Gasteiger partial charge is 0.317 e. The number of rotatable bonds is 4. The van der Waals surface area contributed by atoms with E-state index in [0.29, 0.717) is 12.5 Å². The van der Waals surface area contributed by atoms with Crippen molar-refractivity contribution < 1.29 is 4.79 Å². The zero-order chi connectivity index (χ0) is 19.6. The van der Waals surface area contributed by atoms with Gasteiger partial charge in [-0.25, -0.2) is 4.79 Å². The van der Waals surface area contributed by atoms with Crippen molar-refractivity contribution in [3.8, 4) is 5.69 Å². The van der Waals surface area contributed by atoms with Crippen molar-refractivity contribution in [2.75, 3.05) is 13.6 Å². The van der Waals surface area contributed by atoms with Gasteiger partial charge in [-0.2, -0.15) is 4.68 Å². The highest BCUT2D eigenvalue weighted by molar-refractivity contribution is 5.75. The molecule has 0 bridgehead atoms. The Morgan fingerprint density at radius 3 is 2.67 bits per heavy atom. The first-order valence-electron chi connectivity index (χ1n) is 9.77. The predicted molar refractivity (Wildman–Crippen MR) is 105 cm³/mol. The molecule has 146 valence electrons. The second-order valence-corrected chi connectivity index (χ2v) is 7.81. The molecule has 27 heavy (non-hydrogen) atoms. The summed E-state index contributed by atoms with van der Waals surface area (Å²) in [5, 5.41) is 15.6. The van der Waals surface area contributed by atoms with Crippen LogP contribution in [0.3, 0.4) is 0 Å². The Morgan fingerprint density at radius 2 is 2.04 bits per heavy atom. The van der Waals surface area contributed by atoms with Crippen LogP contribution in [0, 0.1) is 19.8 Å². The minimum atomic E-state index is -0.507. The fourth-order valence-electron chi connectivity index (χ4n) is 4.10. The number of tetrazole rings is 1. The molecule has 0 unspecified atom stereocenters. The number of amides is 2. The van der Waals surface area contributed by atoms with E-state index in [9.17, 15) is 4.79 Å². The molecule has 1 fully saturated rings. The lowest BCUT2D eigenvalue weighted by Crippen LogP contribution is -2.53. The molecule has 1 aliphatic rings. The lowest BCUT2D eigenvalue weighted by molar-refractivity contribution is 0.0726. The number of carbonyl (C=O) groups excluding carboxylic acids is 1. The summed E-state index contributed by atoms with van der Waals surface area (Å²) in [5.41, 5.74) is 2.77. The largest absolute Gasteiger partial charge is 0.338 e. The minimum Gasteiger partial charge on any atom is -0.338 e. The van der Waals surface area contributed by atoms with Crippen LogP contribution < -0.4 is 5.32 Å². The molecule has 0 radical (unpaired) electrons. The van der Waals surface area contributed by atoms with E-state index in [4.69, 9.17) is 0 Å². The SMILES string of the molecule is CCNC(=O)N(C)C1(c2nnnn2-c2ccc(C)cc2C)CCC(C)CC1. The molecule has 0 spiro atoms. The molecule has 0 saturated heterocycles. The molecule has 7 heteroatoms. The van der Waals surface area contributed by atoms with Crippen molar-refractivity contribution >= 4 is 6.03 Å². The molecule has 1 saturated carbocycles. The summed E-state index contributed by atoms with van der Waals surface area (Å²) in [7, 11) is 1.86. The van der Waals surface area contributed by atoms with E-state index < -0.39 is 5.54 Å². The Balaban J connectivity index is 2.09. The number of urea groups is 1. The highest BCUT2D eigenvalue weighted by Crippen LogP contribution is 2.43. The second-order valence-electron chi connectivity index (χ2n) is 7.81. The third-order valence-electron chi connectivity index (χ3n) is 5.84. The van der Waals surface area contributed by atoms with Gasteiger partial charge in [-0.3, -0.25) is 0 Å². The predicted octanol–water partition coefficient (Wildman–Crippen LogP) is 3.35. The fraction of sp³-hybridized carbons (Fsp3) is 0.600. The number of nitrogens with zero attached hydrogens (tertiary/aromatic N) is 5. The number of nitrogens with one attached hydrogen (secondary N) is 1.